The molecular formula is C21H26N2O3S. The maximum absolute atomic E-state index is 12.7. The molecule has 2 aromatic rings. The number of aromatic hydroxyl groups is 1. The largest absolute Gasteiger partial charge is 0.508 e. The third-order valence-electron chi connectivity index (χ3n) is 4.83. The van der Waals surface area contributed by atoms with E-state index in [1.54, 1.807) is 37.1 Å². The van der Waals surface area contributed by atoms with Gasteiger partial charge >= 0.3 is 0 Å². The second-order valence-electron chi connectivity index (χ2n) is 6.70. The van der Waals surface area contributed by atoms with Crippen LogP contribution in [0.2, 0.25) is 0 Å². The summed E-state index contributed by atoms with van der Waals surface area (Å²) < 4.78 is 5.37. The fraction of sp³-hybridized carbons (Fsp3) is 0.381. The number of thioether (sulfide) groups is 1. The van der Waals surface area contributed by atoms with Gasteiger partial charge in [0.25, 0.3) is 5.91 Å². The molecule has 6 heteroatoms. The number of phenolic OH excluding ortho intramolecular Hbond substituents is 1. The Kier molecular flexibility index (Phi) is 6.63. The highest BCUT2D eigenvalue weighted by Crippen LogP contribution is 2.28. The third kappa shape index (κ3) is 4.96. The number of likely N-dealkylation sites (tertiary alicyclic amines) is 1. The fourth-order valence-corrected chi connectivity index (χ4v) is 3.76. The maximum atomic E-state index is 12.7. The minimum absolute atomic E-state index is 0.228. The lowest BCUT2D eigenvalue weighted by Gasteiger charge is -2.26. The number of piperidine rings is 1. The van der Waals surface area contributed by atoms with Crippen LogP contribution < -0.4 is 10.1 Å². The number of phenols is 1. The summed E-state index contributed by atoms with van der Waals surface area (Å²) in [7, 11) is 1.56. The van der Waals surface area contributed by atoms with Crippen molar-refractivity contribution in [3.8, 4) is 11.5 Å². The Labute approximate surface area is 164 Å². The quantitative estimate of drug-likeness (QED) is 0.570. The topological polar surface area (TPSA) is 61.8 Å². The molecule has 0 unspecified atom stereocenters. The molecule has 144 valence electrons. The number of amides is 1. The predicted octanol–water partition coefficient (Wildman–Crippen LogP) is 4.36. The molecule has 1 amide bonds. The predicted molar refractivity (Wildman–Crippen MR) is 110 cm³/mol. The van der Waals surface area contributed by atoms with Gasteiger partial charge in [-0.2, -0.15) is 0 Å². The molecule has 0 atom stereocenters. The number of carbonyl (C=O) groups is 1. The second kappa shape index (κ2) is 9.15. The van der Waals surface area contributed by atoms with Crippen molar-refractivity contribution in [2.45, 2.75) is 30.7 Å². The lowest BCUT2D eigenvalue weighted by atomic mass is 10.1. The van der Waals surface area contributed by atoms with Crippen LogP contribution >= 0.6 is 11.8 Å². The molecule has 3 rings (SSSR count). The minimum Gasteiger partial charge on any atom is -0.508 e. The molecule has 0 aliphatic carbocycles. The summed E-state index contributed by atoms with van der Waals surface area (Å²) >= 11 is 1.60. The highest BCUT2D eigenvalue weighted by Gasteiger charge is 2.16. The highest BCUT2D eigenvalue weighted by molar-refractivity contribution is 7.98. The van der Waals surface area contributed by atoms with E-state index in [0.29, 0.717) is 23.5 Å². The van der Waals surface area contributed by atoms with E-state index in [-0.39, 0.29) is 11.7 Å². The Hall–Kier alpha value is -2.18. The van der Waals surface area contributed by atoms with Crippen molar-refractivity contribution in [3.05, 3.63) is 47.5 Å². The Balaban J connectivity index is 1.75. The van der Waals surface area contributed by atoms with Crippen molar-refractivity contribution in [1.82, 2.24) is 4.90 Å². The normalized spacial score (nSPS) is 14.7. The van der Waals surface area contributed by atoms with Gasteiger partial charge in [0.05, 0.1) is 12.7 Å². The summed E-state index contributed by atoms with van der Waals surface area (Å²) in [5, 5.41) is 13.1. The first-order valence-corrected chi connectivity index (χ1v) is 10.4. The van der Waals surface area contributed by atoms with E-state index < -0.39 is 0 Å². The van der Waals surface area contributed by atoms with Crippen molar-refractivity contribution in [2.75, 3.05) is 31.8 Å². The molecule has 0 spiro atoms. The van der Waals surface area contributed by atoms with Crippen LogP contribution in [0, 0.1) is 0 Å². The summed E-state index contributed by atoms with van der Waals surface area (Å²) in [4.78, 5) is 16.1. The molecule has 27 heavy (non-hydrogen) atoms. The van der Waals surface area contributed by atoms with E-state index in [2.05, 4.69) is 10.2 Å². The first-order valence-electron chi connectivity index (χ1n) is 9.18. The molecular weight excluding hydrogens is 360 g/mol. The Morgan fingerprint density at radius 3 is 2.67 bits per heavy atom. The molecule has 2 N–H and O–H groups in total. The van der Waals surface area contributed by atoms with Crippen LogP contribution in [-0.4, -0.2) is 42.4 Å². The summed E-state index contributed by atoms with van der Waals surface area (Å²) in [6.07, 6.45) is 5.65. The van der Waals surface area contributed by atoms with E-state index in [1.807, 2.05) is 24.5 Å². The minimum atomic E-state index is -0.228. The van der Waals surface area contributed by atoms with Gasteiger partial charge < -0.3 is 15.2 Å². The van der Waals surface area contributed by atoms with Crippen molar-refractivity contribution in [3.63, 3.8) is 0 Å². The average Bonchev–Trinajstić information content (AvgIpc) is 2.70. The zero-order valence-electron chi connectivity index (χ0n) is 15.8. The molecule has 0 saturated carbocycles. The summed E-state index contributed by atoms with van der Waals surface area (Å²) in [5.74, 6) is 0.585. The maximum Gasteiger partial charge on any atom is 0.259 e. The number of rotatable bonds is 6. The molecule has 0 bridgehead atoms. The van der Waals surface area contributed by atoms with Gasteiger partial charge in [-0.1, -0.05) is 6.42 Å². The molecule has 2 aromatic carbocycles. The average molecular weight is 387 g/mol. The first kappa shape index (κ1) is 19.6. The number of methoxy groups -OCH3 is 1. The first-order chi connectivity index (χ1) is 13.1. The van der Waals surface area contributed by atoms with Crippen molar-refractivity contribution < 1.29 is 14.6 Å². The van der Waals surface area contributed by atoms with Crippen LogP contribution in [0.15, 0.2) is 41.3 Å². The molecule has 1 saturated heterocycles. The monoisotopic (exact) mass is 386 g/mol. The zero-order chi connectivity index (χ0) is 19.2. The summed E-state index contributed by atoms with van der Waals surface area (Å²) in [5.41, 5.74) is 1.99. The molecule has 0 aromatic heterocycles. The Bertz CT molecular complexity index is 804. The van der Waals surface area contributed by atoms with Gasteiger partial charge in [0.15, 0.2) is 0 Å². The molecule has 1 aliphatic rings. The number of carbonyl (C=O) groups excluding carboxylic acids is 1. The van der Waals surface area contributed by atoms with Gasteiger partial charge in [0.2, 0.25) is 0 Å². The van der Waals surface area contributed by atoms with Gasteiger partial charge in [0, 0.05) is 22.7 Å². The zero-order valence-corrected chi connectivity index (χ0v) is 16.6. The number of anilines is 1. The van der Waals surface area contributed by atoms with Gasteiger partial charge in [-0.15, -0.1) is 11.8 Å². The van der Waals surface area contributed by atoms with Crippen LogP contribution in [0.25, 0.3) is 0 Å². The molecule has 5 nitrogen and oxygen atoms in total. The van der Waals surface area contributed by atoms with Crippen LogP contribution in [0.5, 0.6) is 11.5 Å². The smallest absolute Gasteiger partial charge is 0.259 e. The van der Waals surface area contributed by atoms with Crippen LogP contribution in [0.1, 0.15) is 35.2 Å². The number of hydrogen-bond acceptors (Lipinski definition) is 5. The van der Waals surface area contributed by atoms with E-state index in [1.165, 1.54) is 19.3 Å². The number of benzene rings is 2. The standard InChI is InChI=1S/C21H26N2O3S/c1-26-20-13-17(27-2)7-8-18(20)21(25)22-16-6-9-19(24)15(12-16)14-23-10-4-3-5-11-23/h6-9,12-13,24H,3-5,10-11,14H2,1-2H3,(H,22,25). The summed E-state index contributed by atoms with van der Waals surface area (Å²) in [6, 6.07) is 10.7. The SMILES string of the molecule is COc1cc(SC)ccc1C(=O)Nc1ccc(O)c(CN2CCCCC2)c1. The van der Waals surface area contributed by atoms with E-state index in [0.717, 1.165) is 23.5 Å². The second-order valence-corrected chi connectivity index (χ2v) is 7.58. The lowest BCUT2D eigenvalue weighted by molar-refractivity contribution is 0.102. The Morgan fingerprint density at radius 1 is 1.19 bits per heavy atom. The third-order valence-corrected chi connectivity index (χ3v) is 5.56. The van der Waals surface area contributed by atoms with Crippen molar-refractivity contribution in [2.24, 2.45) is 0 Å². The van der Waals surface area contributed by atoms with Crippen molar-refractivity contribution >= 4 is 23.4 Å². The van der Waals surface area contributed by atoms with Gasteiger partial charge in [0.1, 0.15) is 11.5 Å². The summed E-state index contributed by atoms with van der Waals surface area (Å²) in [6.45, 7) is 2.80. The number of nitrogens with one attached hydrogen (secondary N) is 1. The van der Waals surface area contributed by atoms with Crippen LogP contribution in [0.4, 0.5) is 5.69 Å². The molecule has 0 radical (unpaired) electrons. The lowest BCUT2D eigenvalue weighted by Crippen LogP contribution is -2.29. The highest BCUT2D eigenvalue weighted by atomic mass is 32.2. The number of ether oxygens (including phenoxy) is 1. The van der Waals surface area contributed by atoms with Gasteiger partial charge in [-0.3, -0.25) is 9.69 Å². The van der Waals surface area contributed by atoms with Crippen LogP contribution in [-0.2, 0) is 6.54 Å². The number of hydrogen-bond donors (Lipinski definition) is 2. The molecule has 1 fully saturated rings. The van der Waals surface area contributed by atoms with E-state index in [9.17, 15) is 9.90 Å². The molecule has 1 heterocycles. The fourth-order valence-electron chi connectivity index (χ4n) is 3.33. The molecule has 1 aliphatic heterocycles. The van der Waals surface area contributed by atoms with Crippen molar-refractivity contribution in [1.29, 1.82) is 0 Å². The van der Waals surface area contributed by atoms with Gasteiger partial charge in [-0.25, -0.2) is 0 Å². The van der Waals surface area contributed by atoms with E-state index in [4.69, 9.17) is 4.74 Å². The number of nitrogens with zero attached hydrogens (tertiary/aromatic N) is 1. The van der Waals surface area contributed by atoms with Crippen LogP contribution in [0.3, 0.4) is 0 Å². The van der Waals surface area contributed by atoms with Gasteiger partial charge in [-0.05, 0) is 68.6 Å². The van der Waals surface area contributed by atoms with E-state index >= 15 is 0 Å². The Morgan fingerprint density at radius 2 is 1.96 bits per heavy atom.